The summed E-state index contributed by atoms with van der Waals surface area (Å²) >= 11 is 0. The molecule has 2 aromatic rings. The van der Waals surface area contributed by atoms with Crippen molar-refractivity contribution in [3.63, 3.8) is 0 Å². The van der Waals surface area contributed by atoms with E-state index in [1.54, 1.807) is 31.2 Å². The third-order valence-electron chi connectivity index (χ3n) is 3.89. The highest BCUT2D eigenvalue weighted by atomic mass is 19.1. The van der Waals surface area contributed by atoms with Crippen LogP contribution in [0.5, 0.6) is 0 Å². The molecule has 0 aromatic heterocycles. The molecule has 0 heterocycles. The summed E-state index contributed by atoms with van der Waals surface area (Å²) in [4.78, 5) is 35.1. The second-order valence-corrected chi connectivity index (χ2v) is 6.12. The predicted octanol–water partition coefficient (Wildman–Crippen LogP) is 3.69. The minimum atomic E-state index is -0.885. The van der Waals surface area contributed by atoms with E-state index in [0.717, 1.165) is 11.6 Å². The van der Waals surface area contributed by atoms with E-state index in [9.17, 15) is 18.8 Å². The van der Waals surface area contributed by atoms with Gasteiger partial charge in [-0.3, -0.25) is 14.4 Å². The van der Waals surface area contributed by atoms with Crippen LogP contribution in [0.25, 0.3) is 0 Å². The maximum atomic E-state index is 13.2. The smallest absolute Gasteiger partial charge is 0.303 e. The molecular weight excluding hydrogens is 337 g/mol. The van der Waals surface area contributed by atoms with Crippen LogP contribution in [0.1, 0.15) is 35.7 Å². The number of carboxylic acids is 1. The van der Waals surface area contributed by atoms with Crippen molar-refractivity contribution in [3.8, 4) is 0 Å². The van der Waals surface area contributed by atoms with Gasteiger partial charge in [0.15, 0.2) is 5.78 Å². The lowest BCUT2D eigenvalue weighted by Crippen LogP contribution is -2.20. The van der Waals surface area contributed by atoms with E-state index in [-0.39, 0.29) is 30.1 Å². The first kappa shape index (κ1) is 19.3. The molecule has 2 rings (SSSR count). The summed E-state index contributed by atoms with van der Waals surface area (Å²) in [6.07, 6.45) is 0.346. The molecule has 1 amide bonds. The van der Waals surface area contributed by atoms with Crippen molar-refractivity contribution in [1.29, 1.82) is 0 Å². The molecule has 0 saturated carbocycles. The first-order valence-electron chi connectivity index (χ1n) is 8.25. The van der Waals surface area contributed by atoms with Gasteiger partial charge in [-0.1, -0.05) is 31.2 Å². The Bertz CT molecular complexity index is 819. The summed E-state index contributed by atoms with van der Waals surface area (Å²) in [6.45, 7) is 1.62. The topological polar surface area (TPSA) is 83.5 Å². The lowest BCUT2D eigenvalue weighted by molar-refractivity contribution is -0.137. The van der Waals surface area contributed by atoms with Crippen molar-refractivity contribution in [2.75, 3.05) is 5.32 Å². The zero-order chi connectivity index (χ0) is 19.1. The Kier molecular flexibility index (Phi) is 6.60. The second-order valence-electron chi connectivity index (χ2n) is 6.12. The fourth-order valence-corrected chi connectivity index (χ4v) is 2.56. The zero-order valence-electron chi connectivity index (χ0n) is 14.4. The Morgan fingerprint density at radius 2 is 1.85 bits per heavy atom. The first-order valence-corrected chi connectivity index (χ1v) is 8.25. The number of amides is 1. The van der Waals surface area contributed by atoms with Crippen LogP contribution in [0, 0.1) is 11.7 Å². The van der Waals surface area contributed by atoms with E-state index in [1.807, 2.05) is 0 Å². The van der Waals surface area contributed by atoms with Crippen LogP contribution < -0.4 is 5.32 Å². The van der Waals surface area contributed by atoms with Crippen molar-refractivity contribution < 1.29 is 23.9 Å². The molecule has 0 aliphatic heterocycles. The minimum Gasteiger partial charge on any atom is -0.481 e. The van der Waals surface area contributed by atoms with Crippen LogP contribution in [0.4, 0.5) is 10.1 Å². The molecule has 1 unspecified atom stereocenters. The van der Waals surface area contributed by atoms with E-state index < -0.39 is 17.7 Å². The van der Waals surface area contributed by atoms with E-state index >= 15 is 0 Å². The number of nitrogens with one attached hydrogen (secondary N) is 1. The van der Waals surface area contributed by atoms with Gasteiger partial charge in [0.05, 0.1) is 0 Å². The van der Waals surface area contributed by atoms with Crippen molar-refractivity contribution in [1.82, 2.24) is 0 Å². The van der Waals surface area contributed by atoms with Crippen LogP contribution in [-0.4, -0.2) is 22.8 Å². The summed E-state index contributed by atoms with van der Waals surface area (Å²) in [7, 11) is 0. The van der Waals surface area contributed by atoms with Gasteiger partial charge < -0.3 is 10.4 Å². The van der Waals surface area contributed by atoms with Crippen molar-refractivity contribution in [2.45, 2.75) is 26.2 Å². The van der Waals surface area contributed by atoms with Gasteiger partial charge in [0, 0.05) is 30.0 Å². The van der Waals surface area contributed by atoms with Crippen molar-refractivity contribution in [3.05, 3.63) is 65.5 Å². The fraction of sp³-hybridized carbons (Fsp3) is 0.250. The standard InChI is InChI=1S/C20H20FNO4/c1-13(20(26)15-5-3-6-16(21)12-15)10-18(23)22-17-7-2-4-14(11-17)8-9-19(24)25/h2-7,11-13H,8-10H2,1H3,(H,22,23)(H,24,25). The molecule has 0 fully saturated rings. The maximum absolute atomic E-state index is 13.2. The van der Waals surface area contributed by atoms with Gasteiger partial charge in [0.2, 0.25) is 5.91 Å². The number of hydrogen-bond acceptors (Lipinski definition) is 3. The van der Waals surface area contributed by atoms with Crippen LogP contribution in [0.15, 0.2) is 48.5 Å². The number of carboxylic acid groups (broad SMARTS) is 1. The number of aryl methyl sites for hydroxylation is 1. The highest BCUT2D eigenvalue weighted by molar-refractivity contribution is 6.01. The van der Waals surface area contributed by atoms with Crippen molar-refractivity contribution >= 4 is 23.3 Å². The van der Waals surface area contributed by atoms with Gasteiger partial charge in [-0.25, -0.2) is 4.39 Å². The minimum absolute atomic E-state index is 0.0105. The highest BCUT2D eigenvalue weighted by Crippen LogP contribution is 2.16. The van der Waals surface area contributed by atoms with Gasteiger partial charge in [-0.05, 0) is 36.2 Å². The summed E-state index contributed by atoms with van der Waals surface area (Å²) in [5.74, 6) is -2.60. The molecule has 1 atom stereocenters. The monoisotopic (exact) mass is 357 g/mol. The lowest BCUT2D eigenvalue weighted by atomic mass is 9.96. The SMILES string of the molecule is CC(CC(=O)Nc1cccc(CCC(=O)O)c1)C(=O)c1cccc(F)c1. The van der Waals surface area contributed by atoms with Gasteiger partial charge in [-0.2, -0.15) is 0 Å². The summed E-state index contributed by atoms with van der Waals surface area (Å²) in [5, 5.41) is 11.4. The number of benzene rings is 2. The Hall–Kier alpha value is -3.02. The molecule has 136 valence electrons. The Labute approximate surface area is 150 Å². The number of Topliss-reactive ketones (excluding diaryl/α,β-unsaturated/α-hetero) is 1. The lowest BCUT2D eigenvalue weighted by Gasteiger charge is -2.12. The Balaban J connectivity index is 1.94. The molecule has 0 spiro atoms. The number of anilines is 1. The molecule has 6 heteroatoms. The average molecular weight is 357 g/mol. The summed E-state index contributed by atoms with van der Waals surface area (Å²) in [6, 6.07) is 12.3. The summed E-state index contributed by atoms with van der Waals surface area (Å²) < 4.78 is 13.2. The van der Waals surface area contributed by atoms with Gasteiger partial charge in [0.1, 0.15) is 5.82 Å². The van der Waals surface area contributed by atoms with Crippen LogP contribution in [-0.2, 0) is 16.0 Å². The molecule has 2 N–H and O–H groups in total. The zero-order valence-corrected chi connectivity index (χ0v) is 14.4. The molecule has 5 nitrogen and oxygen atoms in total. The molecular formula is C20H20FNO4. The highest BCUT2D eigenvalue weighted by Gasteiger charge is 2.19. The predicted molar refractivity (Wildman–Crippen MR) is 95.5 cm³/mol. The Morgan fingerprint density at radius 1 is 1.12 bits per heavy atom. The summed E-state index contributed by atoms with van der Waals surface area (Å²) in [5.41, 5.74) is 1.58. The van der Waals surface area contributed by atoms with Gasteiger partial charge in [-0.15, -0.1) is 0 Å². The van der Waals surface area contributed by atoms with E-state index in [2.05, 4.69) is 5.32 Å². The van der Waals surface area contributed by atoms with E-state index in [1.165, 1.54) is 18.2 Å². The average Bonchev–Trinajstić information content (AvgIpc) is 2.59. The van der Waals surface area contributed by atoms with Crippen molar-refractivity contribution in [2.24, 2.45) is 5.92 Å². The quantitative estimate of drug-likeness (QED) is 0.706. The molecule has 0 radical (unpaired) electrons. The third kappa shape index (κ3) is 5.81. The third-order valence-corrected chi connectivity index (χ3v) is 3.89. The molecule has 0 bridgehead atoms. The Morgan fingerprint density at radius 3 is 2.54 bits per heavy atom. The van der Waals surface area contributed by atoms with E-state index in [4.69, 9.17) is 5.11 Å². The number of halogens is 1. The van der Waals surface area contributed by atoms with Crippen LogP contribution >= 0.6 is 0 Å². The number of ketones is 1. The molecule has 26 heavy (non-hydrogen) atoms. The normalized spacial score (nSPS) is 11.6. The van der Waals surface area contributed by atoms with Crippen LogP contribution in [0.3, 0.4) is 0 Å². The molecule has 0 aliphatic carbocycles. The number of carbonyl (C=O) groups is 3. The number of aliphatic carboxylic acids is 1. The van der Waals surface area contributed by atoms with E-state index in [0.29, 0.717) is 12.1 Å². The maximum Gasteiger partial charge on any atom is 0.303 e. The molecule has 2 aromatic carbocycles. The molecule has 0 saturated heterocycles. The largest absolute Gasteiger partial charge is 0.481 e. The van der Waals surface area contributed by atoms with Gasteiger partial charge >= 0.3 is 5.97 Å². The fourth-order valence-electron chi connectivity index (χ4n) is 2.56. The van der Waals surface area contributed by atoms with Gasteiger partial charge in [0.25, 0.3) is 0 Å². The number of carbonyl (C=O) groups excluding carboxylic acids is 2. The number of rotatable bonds is 8. The second kappa shape index (κ2) is 8.89. The van der Waals surface area contributed by atoms with Crippen LogP contribution in [0.2, 0.25) is 0 Å². The first-order chi connectivity index (χ1) is 12.3. The number of hydrogen-bond donors (Lipinski definition) is 2. The molecule has 0 aliphatic rings.